The summed E-state index contributed by atoms with van der Waals surface area (Å²) in [5.74, 6) is -0.505. The number of carbonyl (C=O) groups excluding carboxylic acids is 2. The van der Waals surface area contributed by atoms with Gasteiger partial charge in [-0.1, -0.05) is 72.8 Å². The molecule has 8 heteroatoms. The van der Waals surface area contributed by atoms with E-state index >= 15 is 0 Å². The number of benzene rings is 3. The van der Waals surface area contributed by atoms with Gasteiger partial charge in [-0.05, 0) is 41.8 Å². The van der Waals surface area contributed by atoms with Crippen LogP contribution in [-0.2, 0) is 26.0 Å². The molecule has 1 unspecified atom stereocenters. The van der Waals surface area contributed by atoms with E-state index < -0.39 is 16.1 Å². The van der Waals surface area contributed by atoms with Crippen molar-refractivity contribution in [3.8, 4) is 0 Å². The van der Waals surface area contributed by atoms with E-state index in [1.165, 1.54) is 17.0 Å². The van der Waals surface area contributed by atoms with Crippen LogP contribution < -0.4 is 10.5 Å². The number of hydrogen-bond donors (Lipinski definition) is 2. The lowest BCUT2D eigenvalue weighted by molar-refractivity contribution is -0.139. The molecular weight excluding hydrogens is 450 g/mol. The average molecular weight is 478 g/mol. The second-order valence-corrected chi connectivity index (χ2v) is 9.93. The van der Waals surface area contributed by atoms with E-state index in [-0.39, 0.29) is 29.0 Å². The number of nitrogens with zero attached hydrogens (tertiary/aromatic N) is 1. The Morgan fingerprint density at radius 2 is 1.44 bits per heavy atom. The molecule has 34 heavy (non-hydrogen) atoms. The van der Waals surface area contributed by atoms with Gasteiger partial charge in [-0.15, -0.1) is 0 Å². The van der Waals surface area contributed by atoms with Gasteiger partial charge >= 0.3 is 0 Å². The fourth-order valence-corrected chi connectivity index (χ4v) is 4.74. The molecule has 1 atom stereocenters. The van der Waals surface area contributed by atoms with Gasteiger partial charge in [0.2, 0.25) is 21.8 Å². The Morgan fingerprint density at radius 1 is 0.882 bits per heavy atom. The first-order chi connectivity index (χ1) is 16.3. The van der Waals surface area contributed by atoms with Crippen LogP contribution in [0.5, 0.6) is 0 Å². The van der Waals surface area contributed by atoms with Crippen LogP contribution in [-0.4, -0.2) is 44.3 Å². The van der Waals surface area contributed by atoms with Crippen LogP contribution >= 0.6 is 0 Å². The molecule has 3 aromatic carbocycles. The highest BCUT2D eigenvalue weighted by atomic mass is 32.2. The molecule has 1 fully saturated rings. The molecule has 0 radical (unpaired) electrons. The second kappa shape index (κ2) is 10.3. The number of sulfonamides is 1. The summed E-state index contributed by atoms with van der Waals surface area (Å²) in [5.41, 5.74) is 3.00. The van der Waals surface area contributed by atoms with Crippen molar-refractivity contribution in [2.75, 3.05) is 13.1 Å². The minimum Gasteiger partial charge on any atom is -0.305 e. The van der Waals surface area contributed by atoms with Gasteiger partial charge in [-0.3, -0.25) is 14.5 Å². The van der Waals surface area contributed by atoms with E-state index in [0.717, 1.165) is 16.7 Å². The van der Waals surface area contributed by atoms with Crippen LogP contribution in [0.25, 0.3) is 0 Å². The Morgan fingerprint density at radius 3 is 1.97 bits per heavy atom. The molecule has 1 aliphatic rings. The maximum absolute atomic E-state index is 13.1. The molecule has 7 nitrogen and oxygen atoms in total. The Hall–Kier alpha value is -3.33. The van der Waals surface area contributed by atoms with Gasteiger partial charge in [0.15, 0.2) is 0 Å². The summed E-state index contributed by atoms with van der Waals surface area (Å²) in [6, 6.07) is 25.5. The number of carbonyl (C=O) groups is 2. The molecular formula is C26H27N3O4S. The normalized spacial score (nSPS) is 16.4. The molecule has 1 aliphatic heterocycles. The lowest BCUT2D eigenvalue weighted by Gasteiger charge is -2.24. The van der Waals surface area contributed by atoms with E-state index in [0.29, 0.717) is 19.5 Å². The van der Waals surface area contributed by atoms with Crippen LogP contribution in [0.3, 0.4) is 0 Å². The third-order valence-corrected chi connectivity index (χ3v) is 7.00. The number of amides is 2. The van der Waals surface area contributed by atoms with E-state index in [1.54, 1.807) is 12.1 Å². The van der Waals surface area contributed by atoms with Gasteiger partial charge in [-0.2, -0.15) is 0 Å². The average Bonchev–Trinajstić information content (AvgIpc) is 3.10. The molecule has 4 rings (SSSR count). The number of primary sulfonamides is 1. The summed E-state index contributed by atoms with van der Waals surface area (Å²) in [6.07, 6.45) is 0.707. The van der Waals surface area contributed by atoms with Crippen molar-refractivity contribution in [3.05, 3.63) is 102 Å². The molecule has 2 amide bonds. The highest BCUT2D eigenvalue weighted by Crippen LogP contribution is 2.28. The van der Waals surface area contributed by atoms with E-state index in [4.69, 9.17) is 5.14 Å². The van der Waals surface area contributed by atoms with Gasteiger partial charge in [0.25, 0.3) is 0 Å². The van der Waals surface area contributed by atoms with Crippen molar-refractivity contribution in [1.29, 1.82) is 0 Å². The Balaban J connectivity index is 1.40. The first-order valence-electron chi connectivity index (χ1n) is 11.1. The van der Waals surface area contributed by atoms with Gasteiger partial charge in [0.05, 0.1) is 17.4 Å². The third kappa shape index (κ3) is 5.59. The fraction of sp³-hybridized carbons (Fsp3) is 0.231. The maximum atomic E-state index is 13.1. The summed E-state index contributed by atoms with van der Waals surface area (Å²) in [5, 5.41) is 8.31. The van der Waals surface area contributed by atoms with Gasteiger partial charge in [0.1, 0.15) is 0 Å². The summed E-state index contributed by atoms with van der Waals surface area (Å²) in [4.78, 5) is 27.3. The highest BCUT2D eigenvalue weighted by Gasteiger charge is 2.39. The van der Waals surface area contributed by atoms with Crippen molar-refractivity contribution in [2.45, 2.75) is 29.7 Å². The van der Waals surface area contributed by atoms with Crippen molar-refractivity contribution >= 4 is 21.8 Å². The quantitative estimate of drug-likeness (QED) is 0.460. The monoisotopic (exact) mass is 477 g/mol. The van der Waals surface area contributed by atoms with E-state index in [2.05, 4.69) is 5.32 Å². The molecule has 0 spiro atoms. The largest absolute Gasteiger partial charge is 0.305 e. The molecule has 0 aliphatic carbocycles. The predicted molar refractivity (Wildman–Crippen MR) is 129 cm³/mol. The van der Waals surface area contributed by atoms with Crippen molar-refractivity contribution in [1.82, 2.24) is 10.2 Å². The van der Waals surface area contributed by atoms with Crippen LogP contribution in [0.1, 0.15) is 29.0 Å². The van der Waals surface area contributed by atoms with Gasteiger partial charge < -0.3 is 5.32 Å². The maximum Gasteiger partial charge on any atom is 0.246 e. The number of nitrogens with one attached hydrogen (secondary N) is 1. The standard InChI is InChI=1S/C26H27N3O4S/c27-34(32,33)22-13-11-19(12-14-22)15-16-28-24-17-25(30)29(26(24)31)18-23(20-7-3-1-4-8-20)21-9-5-2-6-10-21/h1-14,23-24,28H,15-18H2,(H2,27,32,33). The molecule has 0 saturated carbocycles. The third-order valence-electron chi connectivity index (χ3n) is 6.07. The van der Waals surface area contributed by atoms with Crippen molar-refractivity contribution in [3.63, 3.8) is 0 Å². The molecule has 3 N–H and O–H groups in total. The van der Waals surface area contributed by atoms with E-state index in [9.17, 15) is 18.0 Å². The lowest BCUT2D eigenvalue weighted by atomic mass is 9.91. The zero-order chi connectivity index (χ0) is 24.1. The van der Waals surface area contributed by atoms with Crippen molar-refractivity contribution < 1.29 is 18.0 Å². The molecule has 1 heterocycles. The lowest BCUT2D eigenvalue weighted by Crippen LogP contribution is -2.41. The number of imide groups is 1. The smallest absolute Gasteiger partial charge is 0.246 e. The summed E-state index contributed by atoms with van der Waals surface area (Å²) in [7, 11) is -3.73. The zero-order valence-corrected chi connectivity index (χ0v) is 19.4. The Bertz CT molecular complexity index is 1210. The molecule has 3 aromatic rings. The molecule has 0 aromatic heterocycles. The van der Waals surface area contributed by atoms with E-state index in [1.807, 2.05) is 60.7 Å². The highest BCUT2D eigenvalue weighted by molar-refractivity contribution is 7.89. The molecule has 176 valence electrons. The summed E-state index contributed by atoms with van der Waals surface area (Å²) >= 11 is 0. The fourth-order valence-electron chi connectivity index (χ4n) is 4.23. The van der Waals surface area contributed by atoms with Gasteiger partial charge in [0, 0.05) is 12.5 Å². The first-order valence-corrected chi connectivity index (χ1v) is 12.7. The van der Waals surface area contributed by atoms with Crippen LogP contribution in [0.2, 0.25) is 0 Å². The Kier molecular flexibility index (Phi) is 7.21. The second-order valence-electron chi connectivity index (χ2n) is 8.37. The Labute approximate surface area is 199 Å². The van der Waals surface area contributed by atoms with Crippen LogP contribution in [0, 0.1) is 0 Å². The van der Waals surface area contributed by atoms with Crippen molar-refractivity contribution in [2.24, 2.45) is 5.14 Å². The van der Waals surface area contributed by atoms with Crippen LogP contribution in [0.4, 0.5) is 0 Å². The minimum atomic E-state index is -3.73. The number of likely N-dealkylation sites (tertiary alicyclic amines) is 1. The predicted octanol–water partition coefficient (Wildman–Crippen LogP) is 2.43. The first kappa shape index (κ1) is 23.8. The number of rotatable bonds is 9. The zero-order valence-electron chi connectivity index (χ0n) is 18.6. The molecule has 0 bridgehead atoms. The number of hydrogen-bond acceptors (Lipinski definition) is 5. The summed E-state index contributed by atoms with van der Waals surface area (Å²) < 4.78 is 22.8. The molecule has 1 saturated heterocycles. The SMILES string of the molecule is NS(=O)(=O)c1ccc(CCNC2CC(=O)N(CC(c3ccccc3)c3ccccc3)C2=O)cc1. The van der Waals surface area contributed by atoms with Gasteiger partial charge in [-0.25, -0.2) is 13.6 Å². The van der Waals surface area contributed by atoms with Crippen LogP contribution in [0.15, 0.2) is 89.8 Å². The summed E-state index contributed by atoms with van der Waals surface area (Å²) in [6.45, 7) is 0.770. The topological polar surface area (TPSA) is 110 Å². The minimum absolute atomic E-state index is 0.0582. The number of nitrogens with two attached hydrogens (primary N) is 1.